The van der Waals surface area contributed by atoms with Gasteiger partial charge in [-0.2, -0.15) is 0 Å². The number of nitrogens with zero attached hydrogens (tertiary/aromatic N) is 1. The van der Waals surface area contributed by atoms with Gasteiger partial charge in [-0.15, -0.1) is 0 Å². The van der Waals surface area contributed by atoms with E-state index < -0.39 is 0 Å². The topological polar surface area (TPSA) is 34.1 Å². The molecule has 0 unspecified atom stereocenters. The monoisotopic (exact) mass is 234 g/mol. The molecular formula is C14H22N2O. The Labute approximate surface area is 104 Å². The lowest BCUT2D eigenvalue weighted by atomic mass is 10.3. The zero-order valence-electron chi connectivity index (χ0n) is 10.8. The zero-order valence-corrected chi connectivity index (χ0v) is 10.8. The molecule has 1 aliphatic rings. The van der Waals surface area contributed by atoms with Crippen molar-refractivity contribution in [2.45, 2.75) is 45.7 Å². The van der Waals surface area contributed by atoms with E-state index in [4.69, 9.17) is 4.74 Å². The van der Waals surface area contributed by atoms with Crippen LogP contribution in [0.5, 0.6) is 5.75 Å². The Morgan fingerprint density at radius 1 is 1.47 bits per heavy atom. The van der Waals surface area contributed by atoms with Gasteiger partial charge < -0.3 is 10.1 Å². The lowest BCUT2D eigenvalue weighted by Crippen LogP contribution is -2.22. The summed E-state index contributed by atoms with van der Waals surface area (Å²) in [5.41, 5.74) is 1.04. The summed E-state index contributed by atoms with van der Waals surface area (Å²) in [7, 11) is 0. The molecule has 1 aromatic heterocycles. The summed E-state index contributed by atoms with van der Waals surface area (Å²) in [5.74, 6) is 1.88. The SMILES string of the molecule is CC(C)NCc1cc(OCCC2CC2)ccn1. The van der Waals surface area contributed by atoms with E-state index in [-0.39, 0.29) is 0 Å². The fourth-order valence-corrected chi connectivity index (χ4v) is 1.70. The fourth-order valence-electron chi connectivity index (χ4n) is 1.70. The molecule has 1 aromatic rings. The molecule has 0 spiro atoms. The molecule has 0 amide bonds. The van der Waals surface area contributed by atoms with Crippen molar-refractivity contribution in [3.63, 3.8) is 0 Å². The molecule has 3 heteroatoms. The quantitative estimate of drug-likeness (QED) is 0.787. The van der Waals surface area contributed by atoms with Crippen LogP contribution >= 0.6 is 0 Å². The van der Waals surface area contributed by atoms with Crippen LogP contribution in [0.3, 0.4) is 0 Å². The van der Waals surface area contributed by atoms with E-state index in [0.29, 0.717) is 6.04 Å². The van der Waals surface area contributed by atoms with Gasteiger partial charge in [0.2, 0.25) is 0 Å². The predicted octanol–water partition coefficient (Wildman–Crippen LogP) is 2.76. The number of rotatable bonds is 7. The van der Waals surface area contributed by atoms with Crippen LogP contribution in [0.4, 0.5) is 0 Å². The highest BCUT2D eigenvalue weighted by Gasteiger charge is 2.20. The predicted molar refractivity (Wildman–Crippen MR) is 69.0 cm³/mol. The van der Waals surface area contributed by atoms with Gasteiger partial charge in [0.05, 0.1) is 12.3 Å². The fraction of sp³-hybridized carbons (Fsp3) is 0.643. The summed E-state index contributed by atoms with van der Waals surface area (Å²) in [6, 6.07) is 4.45. The Balaban J connectivity index is 1.77. The van der Waals surface area contributed by atoms with Gasteiger partial charge in [0.1, 0.15) is 5.75 Å². The van der Waals surface area contributed by atoms with Crippen LogP contribution in [0.25, 0.3) is 0 Å². The van der Waals surface area contributed by atoms with Crippen molar-refractivity contribution in [1.82, 2.24) is 10.3 Å². The normalized spacial score (nSPS) is 15.2. The lowest BCUT2D eigenvalue weighted by molar-refractivity contribution is 0.301. The van der Waals surface area contributed by atoms with Crippen molar-refractivity contribution in [3.8, 4) is 5.75 Å². The summed E-state index contributed by atoms with van der Waals surface area (Å²) < 4.78 is 5.74. The zero-order chi connectivity index (χ0) is 12.1. The van der Waals surface area contributed by atoms with Crippen molar-refractivity contribution in [2.24, 2.45) is 5.92 Å². The van der Waals surface area contributed by atoms with E-state index in [9.17, 15) is 0 Å². The van der Waals surface area contributed by atoms with E-state index in [1.165, 1.54) is 19.3 Å². The van der Waals surface area contributed by atoms with E-state index in [1.54, 1.807) is 0 Å². The van der Waals surface area contributed by atoms with E-state index in [1.807, 2.05) is 18.3 Å². The molecule has 1 saturated carbocycles. The third kappa shape index (κ3) is 4.73. The minimum Gasteiger partial charge on any atom is -0.493 e. The van der Waals surface area contributed by atoms with Crippen LogP contribution in [0.1, 0.15) is 38.8 Å². The minimum atomic E-state index is 0.483. The Morgan fingerprint density at radius 2 is 2.29 bits per heavy atom. The van der Waals surface area contributed by atoms with Crippen LogP contribution in [0.15, 0.2) is 18.3 Å². The standard InChI is InChI=1S/C14H22N2O/c1-11(2)16-10-13-9-14(5-7-15-13)17-8-6-12-3-4-12/h5,7,9,11-12,16H,3-4,6,8,10H2,1-2H3. The molecule has 3 nitrogen and oxygen atoms in total. The average Bonchev–Trinajstić information content (AvgIpc) is 3.11. The number of hydrogen-bond donors (Lipinski definition) is 1. The molecule has 0 bridgehead atoms. The second kappa shape index (κ2) is 6.01. The first-order valence-corrected chi connectivity index (χ1v) is 6.55. The van der Waals surface area contributed by atoms with Crippen LogP contribution in [-0.2, 0) is 6.54 Å². The smallest absolute Gasteiger partial charge is 0.122 e. The van der Waals surface area contributed by atoms with Gasteiger partial charge in [0.15, 0.2) is 0 Å². The molecule has 1 fully saturated rings. The number of hydrogen-bond acceptors (Lipinski definition) is 3. The number of nitrogens with one attached hydrogen (secondary N) is 1. The van der Waals surface area contributed by atoms with Crippen LogP contribution < -0.4 is 10.1 Å². The first kappa shape index (κ1) is 12.4. The summed E-state index contributed by atoms with van der Waals surface area (Å²) in [5, 5.41) is 3.36. The summed E-state index contributed by atoms with van der Waals surface area (Å²) in [4.78, 5) is 4.32. The highest BCUT2D eigenvalue weighted by Crippen LogP contribution is 2.32. The molecule has 0 atom stereocenters. The largest absolute Gasteiger partial charge is 0.493 e. The first-order valence-electron chi connectivity index (χ1n) is 6.55. The molecule has 94 valence electrons. The highest BCUT2D eigenvalue weighted by atomic mass is 16.5. The van der Waals surface area contributed by atoms with Crippen molar-refractivity contribution in [1.29, 1.82) is 0 Å². The second-order valence-corrected chi connectivity index (χ2v) is 5.10. The van der Waals surface area contributed by atoms with Crippen LogP contribution in [-0.4, -0.2) is 17.6 Å². The maximum absolute atomic E-state index is 5.74. The molecule has 1 heterocycles. The average molecular weight is 234 g/mol. The maximum atomic E-state index is 5.74. The summed E-state index contributed by atoms with van der Waals surface area (Å²) in [6.07, 6.45) is 5.80. The Morgan fingerprint density at radius 3 is 3.00 bits per heavy atom. The van der Waals surface area contributed by atoms with Gasteiger partial charge in [0, 0.05) is 24.8 Å². The van der Waals surface area contributed by atoms with Crippen molar-refractivity contribution < 1.29 is 4.74 Å². The Kier molecular flexibility index (Phi) is 4.37. The molecule has 0 aromatic carbocycles. The number of pyridine rings is 1. The van der Waals surface area contributed by atoms with Crippen LogP contribution in [0.2, 0.25) is 0 Å². The van der Waals surface area contributed by atoms with Crippen molar-refractivity contribution >= 4 is 0 Å². The number of aromatic nitrogens is 1. The summed E-state index contributed by atoms with van der Waals surface area (Å²) in [6.45, 7) is 5.91. The minimum absolute atomic E-state index is 0.483. The molecule has 17 heavy (non-hydrogen) atoms. The van der Waals surface area contributed by atoms with Crippen LogP contribution in [0, 0.1) is 5.92 Å². The maximum Gasteiger partial charge on any atom is 0.122 e. The second-order valence-electron chi connectivity index (χ2n) is 5.10. The molecular weight excluding hydrogens is 212 g/mol. The highest BCUT2D eigenvalue weighted by molar-refractivity contribution is 5.22. The third-order valence-electron chi connectivity index (χ3n) is 2.97. The van der Waals surface area contributed by atoms with Crippen molar-refractivity contribution in [3.05, 3.63) is 24.0 Å². The molecule has 0 aliphatic heterocycles. The summed E-state index contributed by atoms with van der Waals surface area (Å²) >= 11 is 0. The van der Waals surface area contributed by atoms with Gasteiger partial charge in [-0.1, -0.05) is 26.7 Å². The molecule has 0 saturated heterocycles. The van der Waals surface area contributed by atoms with Crippen molar-refractivity contribution in [2.75, 3.05) is 6.61 Å². The van der Waals surface area contributed by atoms with E-state index >= 15 is 0 Å². The van der Waals surface area contributed by atoms with E-state index in [2.05, 4.69) is 24.1 Å². The van der Waals surface area contributed by atoms with Gasteiger partial charge in [-0.25, -0.2) is 0 Å². The molecule has 2 rings (SSSR count). The van der Waals surface area contributed by atoms with E-state index in [0.717, 1.165) is 30.5 Å². The molecule has 1 N–H and O–H groups in total. The molecule has 1 aliphatic carbocycles. The van der Waals surface area contributed by atoms with Gasteiger partial charge in [-0.05, 0) is 18.4 Å². The van der Waals surface area contributed by atoms with Gasteiger partial charge in [-0.3, -0.25) is 4.98 Å². The van der Waals surface area contributed by atoms with Gasteiger partial charge in [0.25, 0.3) is 0 Å². The van der Waals surface area contributed by atoms with Gasteiger partial charge >= 0.3 is 0 Å². The Bertz CT molecular complexity index is 348. The number of ether oxygens (including phenoxy) is 1. The third-order valence-corrected chi connectivity index (χ3v) is 2.97. The lowest BCUT2D eigenvalue weighted by Gasteiger charge is -2.09. The Hall–Kier alpha value is -1.09. The first-order chi connectivity index (χ1) is 8.24. The molecule has 0 radical (unpaired) electrons.